The van der Waals surface area contributed by atoms with Gasteiger partial charge in [-0.2, -0.15) is 16.6 Å². The largest absolute Gasteiger partial charge is 0.387 e. The van der Waals surface area contributed by atoms with Crippen LogP contribution in [0.25, 0.3) is 0 Å². The molecule has 0 aromatic carbocycles. The van der Waals surface area contributed by atoms with Crippen molar-refractivity contribution < 1.29 is 5.11 Å². The van der Waals surface area contributed by atoms with Crippen LogP contribution in [0.15, 0.2) is 15.2 Å². The van der Waals surface area contributed by atoms with Crippen molar-refractivity contribution in [1.29, 1.82) is 5.26 Å². The Morgan fingerprint density at radius 2 is 2.23 bits per heavy atom. The maximum absolute atomic E-state index is 9.87. The van der Waals surface area contributed by atoms with Crippen LogP contribution in [0.4, 0.5) is 0 Å². The summed E-state index contributed by atoms with van der Waals surface area (Å²) in [6.45, 7) is 3.45. The molecule has 0 amide bonds. The van der Waals surface area contributed by atoms with Crippen molar-refractivity contribution >= 4 is 27.3 Å². The maximum Gasteiger partial charge on any atom is 0.0989 e. The fourth-order valence-electron chi connectivity index (χ4n) is 0.936. The summed E-state index contributed by atoms with van der Waals surface area (Å²) >= 11 is 4.83. The van der Waals surface area contributed by atoms with Crippen molar-refractivity contribution in [2.75, 3.05) is 0 Å². The second-order valence-electron chi connectivity index (χ2n) is 3.41. The summed E-state index contributed by atoms with van der Waals surface area (Å²) in [7, 11) is 0. The van der Waals surface area contributed by atoms with Crippen LogP contribution in [0.5, 0.6) is 0 Å². The smallest absolute Gasteiger partial charge is 0.0989 e. The molecule has 13 heavy (non-hydrogen) atoms. The average molecular weight is 260 g/mol. The molecule has 1 aromatic rings. The van der Waals surface area contributed by atoms with Gasteiger partial charge in [-0.3, -0.25) is 0 Å². The monoisotopic (exact) mass is 259 g/mol. The minimum Gasteiger partial charge on any atom is -0.387 e. The van der Waals surface area contributed by atoms with Gasteiger partial charge in [0.25, 0.3) is 0 Å². The molecule has 1 N–H and O–H groups in total. The first-order valence-electron chi connectivity index (χ1n) is 3.80. The van der Waals surface area contributed by atoms with Gasteiger partial charge >= 0.3 is 0 Å². The van der Waals surface area contributed by atoms with Gasteiger partial charge in [0.05, 0.1) is 17.6 Å². The first-order chi connectivity index (χ1) is 5.99. The van der Waals surface area contributed by atoms with Crippen LogP contribution in [0.2, 0.25) is 0 Å². The molecule has 0 radical (unpaired) electrons. The van der Waals surface area contributed by atoms with Crippen molar-refractivity contribution in [3.05, 3.63) is 20.8 Å². The Balaban J connectivity index is 3.00. The summed E-state index contributed by atoms with van der Waals surface area (Å²) in [6, 6.07) is 2.09. The third-order valence-corrected chi connectivity index (χ3v) is 3.66. The van der Waals surface area contributed by atoms with Crippen LogP contribution in [0.3, 0.4) is 0 Å². The summed E-state index contributed by atoms with van der Waals surface area (Å²) in [5, 5.41) is 22.5. The molecule has 0 bridgehead atoms. The van der Waals surface area contributed by atoms with E-state index >= 15 is 0 Å². The zero-order chi connectivity index (χ0) is 10.1. The van der Waals surface area contributed by atoms with E-state index < -0.39 is 11.5 Å². The predicted octanol–water partition coefficient (Wildman–Crippen LogP) is 3.09. The summed E-state index contributed by atoms with van der Waals surface area (Å²) in [4.78, 5) is 0. The van der Waals surface area contributed by atoms with Crippen molar-refractivity contribution in [3.63, 3.8) is 0 Å². The van der Waals surface area contributed by atoms with E-state index in [4.69, 9.17) is 5.26 Å². The zero-order valence-corrected chi connectivity index (χ0v) is 9.82. The lowest BCUT2D eigenvalue weighted by atomic mass is 9.85. The molecular formula is C9H10BrNOS. The molecule has 1 rings (SSSR count). The second kappa shape index (κ2) is 3.79. The molecule has 0 saturated heterocycles. The molecule has 0 fully saturated rings. The van der Waals surface area contributed by atoms with Crippen molar-refractivity contribution in [2.45, 2.75) is 20.0 Å². The van der Waals surface area contributed by atoms with Crippen LogP contribution < -0.4 is 0 Å². The van der Waals surface area contributed by atoms with Crippen LogP contribution in [-0.4, -0.2) is 5.11 Å². The summed E-state index contributed by atoms with van der Waals surface area (Å²) < 4.78 is 0.869. The SMILES string of the molecule is CC(C)(C#N)C(O)c1cscc1Br. The standard InChI is InChI=1S/C9H10BrNOS/c1-9(2,5-11)8(12)6-3-13-4-7(6)10/h3-4,8,12H,1-2H3. The van der Waals surface area contributed by atoms with Crippen LogP contribution in [0.1, 0.15) is 25.5 Å². The third kappa shape index (κ3) is 2.11. The number of aliphatic hydroxyl groups excluding tert-OH is 1. The fourth-order valence-corrected chi connectivity index (χ4v) is 2.47. The molecule has 0 aliphatic carbocycles. The highest BCUT2D eigenvalue weighted by Crippen LogP contribution is 2.37. The molecule has 0 spiro atoms. The van der Waals surface area contributed by atoms with Gasteiger partial charge in [0.15, 0.2) is 0 Å². The quantitative estimate of drug-likeness (QED) is 0.887. The van der Waals surface area contributed by atoms with Gasteiger partial charge in [0.2, 0.25) is 0 Å². The van der Waals surface area contributed by atoms with Crippen LogP contribution in [-0.2, 0) is 0 Å². The van der Waals surface area contributed by atoms with E-state index in [1.807, 2.05) is 10.8 Å². The summed E-state index contributed by atoms with van der Waals surface area (Å²) in [5.41, 5.74) is 0.0420. The minimum atomic E-state index is -0.746. The first kappa shape index (κ1) is 10.7. The Morgan fingerprint density at radius 1 is 1.62 bits per heavy atom. The van der Waals surface area contributed by atoms with Crippen LogP contribution >= 0.6 is 27.3 Å². The Hall–Kier alpha value is -0.370. The second-order valence-corrected chi connectivity index (χ2v) is 5.01. The molecule has 4 heteroatoms. The van der Waals surface area contributed by atoms with E-state index in [0.717, 1.165) is 10.0 Å². The van der Waals surface area contributed by atoms with Crippen LogP contribution in [0, 0.1) is 16.7 Å². The predicted molar refractivity (Wildman–Crippen MR) is 56.4 cm³/mol. The van der Waals surface area contributed by atoms with E-state index in [1.165, 1.54) is 11.3 Å². The molecule has 2 nitrogen and oxygen atoms in total. The van der Waals surface area contributed by atoms with Gasteiger partial charge < -0.3 is 5.11 Å². The summed E-state index contributed by atoms with van der Waals surface area (Å²) in [5.74, 6) is 0. The molecule has 1 atom stereocenters. The Bertz CT molecular complexity index is 340. The van der Waals surface area contributed by atoms with E-state index in [1.54, 1.807) is 13.8 Å². The highest BCUT2D eigenvalue weighted by atomic mass is 79.9. The Labute approximate surface area is 90.0 Å². The Morgan fingerprint density at radius 3 is 2.62 bits per heavy atom. The van der Waals surface area contributed by atoms with E-state index in [-0.39, 0.29) is 0 Å². The van der Waals surface area contributed by atoms with Gasteiger partial charge in [0, 0.05) is 15.4 Å². The third-order valence-electron chi connectivity index (χ3n) is 1.91. The fraction of sp³-hybridized carbons (Fsp3) is 0.444. The molecule has 70 valence electrons. The molecule has 0 saturated carbocycles. The molecule has 0 aliphatic rings. The molecule has 1 aromatic heterocycles. The number of nitrogens with zero attached hydrogens (tertiary/aromatic N) is 1. The topological polar surface area (TPSA) is 44.0 Å². The van der Waals surface area contributed by atoms with E-state index in [9.17, 15) is 5.11 Å². The van der Waals surface area contributed by atoms with Crippen molar-refractivity contribution in [1.82, 2.24) is 0 Å². The first-order valence-corrected chi connectivity index (χ1v) is 5.53. The normalized spacial score (nSPS) is 13.8. The number of halogens is 1. The van der Waals surface area contributed by atoms with E-state index in [0.29, 0.717) is 0 Å². The molecular weight excluding hydrogens is 250 g/mol. The lowest BCUT2D eigenvalue weighted by Crippen LogP contribution is -2.19. The molecule has 0 aliphatic heterocycles. The zero-order valence-electron chi connectivity index (χ0n) is 7.41. The van der Waals surface area contributed by atoms with Gasteiger partial charge in [0.1, 0.15) is 0 Å². The van der Waals surface area contributed by atoms with Gasteiger partial charge in [-0.05, 0) is 35.2 Å². The average Bonchev–Trinajstić information content (AvgIpc) is 2.50. The number of hydrogen-bond acceptors (Lipinski definition) is 3. The minimum absolute atomic E-state index is 0.738. The molecule has 1 unspecified atom stereocenters. The highest BCUT2D eigenvalue weighted by Gasteiger charge is 2.30. The number of rotatable bonds is 2. The number of thiophene rings is 1. The highest BCUT2D eigenvalue weighted by molar-refractivity contribution is 9.10. The Kier molecular flexibility index (Phi) is 3.12. The number of nitriles is 1. The van der Waals surface area contributed by atoms with Crippen molar-refractivity contribution in [3.8, 4) is 6.07 Å². The number of aliphatic hydroxyl groups is 1. The lowest BCUT2D eigenvalue weighted by molar-refractivity contribution is 0.0865. The molecule has 1 heterocycles. The van der Waals surface area contributed by atoms with E-state index in [2.05, 4.69) is 22.0 Å². The van der Waals surface area contributed by atoms with Crippen molar-refractivity contribution in [2.24, 2.45) is 5.41 Å². The lowest BCUT2D eigenvalue weighted by Gasteiger charge is -2.22. The number of hydrogen-bond donors (Lipinski definition) is 1. The van der Waals surface area contributed by atoms with Gasteiger partial charge in [-0.15, -0.1) is 0 Å². The van der Waals surface area contributed by atoms with Gasteiger partial charge in [-0.1, -0.05) is 0 Å². The summed E-state index contributed by atoms with van der Waals surface area (Å²) in [6.07, 6.45) is -0.738. The maximum atomic E-state index is 9.87. The van der Waals surface area contributed by atoms with Gasteiger partial charge in [-0.25, -0.2) is 0 Å².